The molecule has 29 heavy (non-hydrogen) atoms. The minimum absolute atomic E-state index is 0.0393. The number of rotatable bonds is 6. The van der Waals surface area contributed by atoms with Gasteiger partial charge >= 0.3 is 0 Å². The molecule has 3 rings (SSSR count). The summed E-state index contributed by atoms with van der Waals surface area (Å²) in [6, 6.07) is 4.67. The molecule has 1 fully saturated rings. The van der Waals surface area contributed by atoms with Gasteiger partial charge in [-0.1, -0.05) is 25.0 Å². The van der Waals surface area contributed by atoms with Crippen LogP contribution in [0.15, 0.2) is 24.3 Å². The normalized spacial score (nSPS) is 15.1. The first kappa shape index (κ1) is 20.7. The van der Waals surface area contributed by atoms with Crippen LogP contribution in [0.1, 0.15) is 52.8 Å². The maximum Gasteiger partial charge on any atom is 0.272 e. The van der Waals surface area contributed by atoms with Gasteiger partial charge in [-0.25, -0.2) is 4.39 Å². The van der Waals surface area contributed by atoms with Gasteiger partial charge in [-0.2, -0.15) is 4.37 Å². The minimum atomic E-state index is -1.02. The molecular weight excluding hydrogens is 397 g/mol. The maximum absolute atomic E-state index is 14.5. The Bertz CT molecular complexity index is 942. The summed E-state index contributed by atoms with van der Waals surface area (Å²) in [7, 11) is 0. The van der Waals surface area contributed by atoms with Gasteiger partial charge < -0.3 is 16.8 Å². The van der Waals surface area contributed by atoms with Crippen LogP contribution in [0.3, 0.4) is 0 Å². The van der Waals surface area contributed by atoms with Crippen LogP contribution in [0.5, 0.6) is 0 Å². The van der Waals surface area contributed by atoms with Crippen LogP contribution >= 0.6 is 11.5 Å². The number of benzene rings is 1. The molecule has 1 atom stereocenters. The van der Waals surface area contributed by atoms with E-state index in [2.05, 4.69) is 9.69 Å². The third-order valence-electron chi connectivity index (χ3n) is 4.95. The summed E-state index contributed by atoms with van der Waals surface area (Å²) in [5, 5.41) is 2.92. The van der Waals surface area contributed by atoms with Crippen molar-refractivity contribution in [3.63, 3.8) is 0 Å². The molecule has 2 aromatic rings. The van der Waals surface area contributed by atoms with Crippen molar-refractivity contribution in [3.05, 3.63) is 40.7 Å². The van der Waals surface area contributed by atoms with E-state index in [4.69, 9.17) is 11.5 Å². The van der Waals surface area contributed by atoms with Gasteiger partial charge in [-0.3, -0.25) is 19.3 Å². The van der Waals surface area contributed by atoms with E-state index in [0.717, 1.165) is 30.6 Å². The van der Waals surface area contributed by atoms with Gasteiger partial charge in [0.25, 0.3) is 11.8 Å². The van der Waals surface area contributed by atoms with Crippen LogP contribution in [0.2, 0.25) is 0 Å². The van der Waals surface area contributed by atoms with Gasteiger partial charge in [-0.15, -0.1) is 0 Å². The molecule has 1 aromatic heterocycles. The quantitative estimate of drug-likeness (QED) is 0.659. The summed E-state index contributed by atoms with van der Waals surface area (Å²) >= 11 is 0.682. The molecule has 8 nitrogen and oxygen atoms in total. The van der Waals surface area contributed by atoms with Crippen molar-refractivity contribution in [1.29, 1.82) is 0 Å². The highest BCUT2D eigenvalue weighted by Crippen LogP contribution is 2.29. The number of aromatic nitrogens is 1. The number of anilines is 2. The Morgan fingerprint density at radius 2 is 1.93 bits per heavy atom. The van der Waals surface area contributed by atoms with E-state index < -0.39 is 29.6 Å². The molecule has 0 spiro atoms. The summed E-state index contributed by atoms with van der Waals surface area (Å²) in [6.45, 7) is 1.51. The predicted octanol–water partition coefficient (Wildman–Crippen LogP) is 2.06. The van der Waals surface area contributed by atoms with E-state index in [9.17, 15) is 18.8 Å². The van der Waals surface area contributed by atoms with Crippen molar-refractivity contribution < 1.29 is 18.8 Å². The van der Waals surface area contributed by atoms with E-state index in [0.29, 0.717) is 11.5 Å². The van der Waals surface area contributed by atoms with Crippen molar-refractivity contribution in [1.82, 2.24) is 9.69 Å². The number of carbonyl (C=O) groups is 3. The number of nitrogens with two attached hydrogens (primary N) is 2. The smallest absolute Gasteiger partial charge is 0.272 e. The fraction of sp³-hybridized carbons (Fsp3) is 0.368. The second-order valence-electron chi connectivity index (χ2n) is 6.93. The van der Waals surface area contributed by atoms with Crippen LogP contribution < -0.4 is 21.7 Å². The number of nitrogen functional groups attached to an aromatic ring is 1. The van der Waals surface area contributed by atoms with Crippen LogP contribution in [0.4, 0.5) is 15.8 Å². The van der Waals surface area contributed by atoms with Crippen LogP contribution in [0, 0.1) is 5.82 Å². The minimum Gasteiger partial charge on any atom is -0.395 e. The lowest BCUT2D eigenvalue weighted by Crippen LogP contribution is -2.50. The summed E-state index contributed by atoms with van der Waals surface area (Å²) in [5.74, 6) is -2.67. The zero-order valence-electron chi connectivity index (χ0n) is 15.9. The molecule has 1 aliphatic rings. The summed E-state index contributed by atoms with van der Waals surface area (Å²) in [5.41, 5.74) is 10.6. The third kappa shape index (κ3) is 4.21. The number of para-hydroxylation sites is 1. The average Bonchev–Trinajstić information content (AvgIpc) is 3.32. The zero-order valence-corrected chi connectivity index (χ0v) is 16.7. The number of nitrogens with one attached hydrogen (secondary N) is 1. The van der Waals surface area contributed by atoms with E-state index >= 15 is 0 Å². The molecular formula is C19H22FN5O3S. The van der Waals surface area contributed by atoms with E-state index in [1.807, 2.05) is 0 Å². The Morgan fingerprint density at radius 3 is 2.52 bits per heavy atom. The van der Waals surface area contributed by atoms with Gasteiger partial charge in [0.1, 0.15) is 16.7 Å². The lowest BCUT2D eigenvalue weighted by atomic mass is 10.1. The number of amides is 3. The first-order valence-electron chi connectivity index (χ1n) is 9.24. The Hall–Kier alpha value is -3.01. The SMILES string of the molecule is C[C@H](C(=O)NC1CCCC1)N(C(=O)c1snc(C(N)=O)c1N)c1ccccc1F. The van der Waals surface area contributed by atoms with Crippen LogP contribution in [-0.2, 0) is 4.79 Å². The molecule has 1 saturated carbocycles. The maximum atomic E-state index is 14.5. The molecule has 0 aliphatic heterocycles. The van der Waals surface area contributed by atoms with Crippen molar-refractivity contribution in [3.8, 4) is 0 Å². The Kier molecular flexibility index (Phi) is 6.12. The molecule has 0 unspecified atom stereocenters. The fourth-order valence-electron chi connectivity index (χ4n) is 3.39. The van der Waals surface area contributed by atoms with E-state index in [1.54, 1.807) is 6.07 Å². The number of halogens is 1. The fourth-order valence-corrected chi connectivity index (χ4v) is 4.13. The molecule has 0 saturated heterocycles. The van der Waals surface area contributed by atoms with Crippen molar-refractivity contribution in [2.75, 3.05) is 10.6 Å². The second-order valence-corrected chi connectivity index (χ2v) is 7.70. The molecule has 0 radical (unpaired) electrons. The first-order chi connectivity index (χ1) is 13.8. The Labute approximate surface area is 171 Å². The molecule has 5 N–H and O–H groups in total. The van der Waals surface area contributed by atoms with Gasteiger partial charge in [0.05, 0.1) is 11.4 Å². The highest BCUT2D eigenvalue weighted by molar-refractivity contribution is 7.09. The zero-order chi connectivity index (χ0) is 21.1. The topological polar surface area (TPSA) is 131 Å². The number of carbonyl (C=O) groups excluding carboxylic acids is 3. The Balaban J connectivity index is 1.97. The molecule has 10 heteroatoms. The predicted molar refractivity (Wildman–Crippen MR) is 108 cm³/mol. The summed E-state index contributed by atoms with van der Waals surface area (Å²) < 4.78 is 18.4. The van der Waals surface area contributed by atoms with Crippen molar-refractivity contribution in [2.45, 2.75) is 44.7 Å². The van der Waals surface area contributed by atoms with Gasteiger partial charge in [0, 0.05) is 6.04 Å². The molecule has 1 aromatic carbocycles. The van der Waals surface area contributed by atoms with Crippen LogP contribution in [-0.4, -0.2) is 34.2 Å². The first-order valence-corrected chi connectivity index (χ1v) is 10.0. The molecule has 1 heterocycles. The highest BCUT2D eigenvalue weighted by Gasteiger charge is 2.34. The third-order valence-corrected chi connectivity index (χ3v) is 5.81. The monoisotopic (exact) mass is 419 g/mol. The average molecular weight is 419 g/mol. The van der Waals surface area contributed by atoms with Gasteiger partial charge in [-0.05, 0) is 43.4 Å². The lowest BCUT2D eigenvalue weighted by molar-refractivity contribution is -0.122. The largest absolute Gasteiger partial charge is 0.395 e. The Morgan fingerprint density at radius 1 is 1.28 bits per heavy atom. The molecule has 0 bridgehead atoms. The summed E-state index contributed by atoms with van der Waals surface area (Å²) in [6.07, 6.45) is 3.80. The van der Waals surface area contributed by atoms with Crippen molar-refractivity contribution >= 4 is 40.6 Å². The number of nitrogens with zero attached hydrogens (tertiary/aromatic N) is 2. The number of hydrogen-bond acceptors (Lipinski definition) is 6. The number of primary amides is 1. The highest BCUT2D eigenvalue weighted by atomic mass is 32.1. The second kappa shape index (κ2) is 8.56. The molecule has 1 aliphatic carbocycles. The van der Waals surface area contributed by atoms with Crippen molar-refractivity contribution in [2.24, 2.45) is 5.73 Å². The van der Waals surface area contributed by atoms with E-state index in [1.165, 1.54) is 25.1 Å². The molecule has 3 amide bonds. The van der Waals surface area contributed by atoms with Gasteiger partial charge in [0.15, 0.2) is 5.69 Å². The summed E-state index contributed by atoms with van der Waals surface area (Å²) in [4.78, 5) is 38.4. The van der Waals surface area contributed by atoms with E-state index in [-0.39, 0.29) is 28.0 Å². The number of hydrogen-bond donors (Lipinski definition) is 3. The van der Waals surface area contributed by atoms with Crippen LogP contribution in [0.25, 0.3) is 0 Å². The standard InChI is InChI=1S/C19H22FN5O3S/c1-10(18(27)23-11-6-2-3-7-11)25(13-9-5-4-8-12(13)20)19(28)16-14(21)15(17(22)26)24-29-16/h4-5,8-11H,2-3,6-7,21H2,1H3,(H2,22,26)(H,23,27)/t10-/m1/s1. The van der Waals surface area contributed by atoms with Gasteiger partial charge in [0.2, 0.25) is 5.91 Å². The molecule has 154 valence electrons. The lowest BCUT2D eigenvalue weighted by Gasteiger charge is -2.29.